The lowest BCUT2D eigenvalue weighted by Gasteiger charge is -2.34. The van der Waals surface area contributed by atoms with Crippen molar-refractivity contribution in [1.29, 1.82) is 0 Å². The number of amides is 1. The van der Waals surface area contributed by atoms with E-state index in [1.165, 1.54) is 0 Å². The van der Waals surface area contributed by atoms with Crippen molar-refractivity contribution in [1.82, 2.24) is 29.6 Å². The molecule has 3 aromatic heterocycles. The van der Waals surface area contributed by atoms with E-state index in [1.807, 2.05) is 17.0 Å². The Balaban J connectivity index is 1.39. The third-order valence-electron chi connectivity index (χ3n) is 5.60. The van der Waals surface area contributed by atoms with Crippen LogP contribution in [-0.4, -0.2) is 61.3 Å². The minimum atomic E-state index is -0.436. The number of aromatic nitrogens is 5. The fourth-order valence-electron chi connectivity index (χ4n) is 4.09. The Morgan fingerprint density at radius 3 is 2.86 bits per heavy atom. The largest absolute Gasteiger partial charge is 0.372 e. The van der Waals surface area contributed by atoms with Crippen molar-refractivity contribution in [2.75, 3.05) is 25.5 Å². The summed E-state index contributed by atoms with van der Waals surface area (Å²) in [4.78, 5) is 23.3. The topological polar surface area (TPSA) is 98.1 Å². The predicted octanol–water partition coefficient (Wildman–Crippen LogP) is 1.59. The molecule has 1 unspecified atom stereocenters. The zero-order valence-electron chi connectivity index (χ0n) is 16.1. The van der Waals surface area contributed by atoms with Crippen molar-refractivity contribution < 1.29 is 9.53 Å². The van der Waals surface area contributed by atoms with Gasteiger partial charge in [0, 0.05) is 37.7 Å². The average molecular weight is 391 g/mol. The summed E-state index contributed by atoms with van der Waals surface area (Å²) in [5.74, 6) is 2.16. The summed E-state index contributed by atoms with van der Waals surface area (Å²) in [5, 5.41) is 11.6. The molecule has 0 radical (unpaired) electrons. The molecule has 0 aliphatic carbocycles. The molecule has 1 spiro atoms. The first-order chi connectivity index (χ1) is 14.2. The van der Waals surface area contributed by atoms with E-state index < -0.39 is 5.60 Å². The Hall–Kier alpha value is -3.33. The van der Waals surface area contributed by atoms with Crippen molar-refractivity contribution in [3.05, 3.63) is 54.2 Å². The van der Waals surface area contributed by atoms with Gasteiger partial charge in [-0.05, 0) is 30.7 Å². The fraction of sp³-hybridized carbons (Fsp3) is 0.350. The number of rotatable bonds is 3. The maximum Gasteiger partial charge on any atom is 0.257 e. The van der Waals surface area contributed by atoms with Crippen molar-refractivity contribution in [3.8, 4) is 11.4 Å². The maximum absolute atomic E-state index is 13.1. The van der Waals surface area contributed by atoms with Gasteiger partial charge in [0.25, 0.3) is 5.91 Å². The van der Waals surface area contributed by atoms with Crippen LogP contribution in [0.4, 0.5) is 5.82 Å². The minimum absolute atomic E-state index is 0.0353. The van der Waals surface area contributed by atoms with Gasteiger partial charge in [-0.2, -0.15) is 0 Å². The van der Waals surface area contributed by atoms with Gasteiger partial charge in [0.2, 0.25) is 0 Å². The minimum Gasteiger partial charge on any atom is -0.372 e. The van der Waals surface area contributed by atoms with Crippen molar-refractivity contribution in [3.63, 3.8) is 0 Å². The van der Waals surface area contributed by atoms with Crippen LogP contribution in [0, 0.1) is 0 Å². The molecule has 29 heavy (non-hydrogen) atoms. The molecule has 1 saturated heterocycles. The number of nitrogens with one attached hydrogen (secondary N) is 1. The number of ether oxygens (including phenoxy) is 1. The van der Waals surface area contributed by atoms with Crippen LogP contribution in [-0.2, 0) is 17.9 Å². The molecule has 1 fully saturated rings. The Labute approximate surface area is 167 Å². The monoisotopic (exact) mass is 391 g/mol. The second-order valence-corrected chi connectivity index (χ2v) is 7.36. The molecule has 2 aliphatic heterocycles. The highest BCUT2D eigenvalue weighted by Gasteiger charge is 2.45. The zero-order valence-corrected chi connectivity index (χ0v) is 16.1. The highest BCUT2D eigenvalue weighted by molar-refractivity contribution is 5.98. The summed E-state index contributed by atoms with van der Waals surface area (Å²) >= 11 is 0. The lowest BCUT2D eigenvalue weighted by Crippen LogP contribution is -2.45. The molecule has 148 valence electrons. The van der Waals surface area contributed by atoms with Crippen molar-refractivity contribution in [2.24, 2.45) is 0 Å². The third-order valence-corrected chi connectivity index (χ3v) is 5.60. The van der Waals surface area contributed by atoms with Crippen LogP contribution < -0.4 is 5.32 Å². The molecule has 3 aromatic rings. The number of fused-ring (bicyclic) bond motifs is 1. The van der Waals surface area contributed by atoms with E-state index in [0.29, 0.717) is 37.6 Å². The van der Waals surface area contributed by atoms with Crippen LogP contribution >= 0.6 is 0 Å². The number of carbonyl (C=O) groups is 1. The van der Waals surface area contributed by atoms with Gasteiger partial charge in [-0.15, -0.1) is 10.2 Å². The maximum atomic E-state index is 13.1. The Morgan fingerprint density at radius 2 is 2.03 bits per heavy atom. The molecule has 1 N–H and O–H groups in total. The van der Waals surface area contributed by atoms with Crippen molar-refractivity contribution in [2.45, 2.75) is 25.2 Å². The second-order valence-electron chi connectivity index (χ2n) is 7.36. The smallest absolute Gasteiger partial charge is 0.257 e. The van der Waals surface area contributed by atoms with Crippen molar-refractivity contribution >= 4 is 11.7 Å². The number of hydrogen-bond donors (Lipinski definition) is 1. The van der Waals surface area contributed by atoms with Crippen LogP contribution in [0.3, 0.4) is 0 Å². The summed E-state index contributed by atoms with van der Waals surface area (Å²) < 4.78 is 8.32. The van der Waals surface area contributed by atoms with Crippen LogP contribution in [0.5, 0.6) is 0 Å². The van der Waals surface area contributed by atoms with Gasteiger partial charge in [0.15, 0.2) is 11.6 Å². The Kier molecular flexibility index (Phi) is 4.24. The fourth-order valence-corrected chi connectivity index (χ4v) is 4.09. The van der Waals surface area contributed by atoms with Gasteiger partial charge in [0.1, 0.15) is 18.0 Å². The molecule has 0 aromatic carbocycles. The number of likely N-dealkylation sites (tertiary alicyclic amines) is 1. The SMILES string of the molecule is CNc1ncccc1C(=O)N1CCC2(C1)Cn1c(nnc1-c1ccncc1)CO2. The van der Waals surface area contributed by atoms with Crippen LogP contribution in [0.25, 0.3) is 11.4 Å². The first-order valence-corrected chi connectivity index (χ1v) is 9.58. The number of pyridine rings is 2. The molecule has 1 atom stereocenters. The first kappa shape index (κ1) is 17.7. The summed E-state index contributed by atoms with van der Waals surface area (Å²) in [5.41, 5.74) is 1.11. The molecule has 9 nitrogen and oxygen atoms in total. The highest BCUT2D eigenvalue weighted by Crippen LogP contribution is 2.35. The second kappa shape index (κ2) is 6.93. The molecule has 5 rings (SSSR count). The molecule has 0 bridgehead atoms. The molecular formula is C20H21N7O2. The normalized spacial score (nSPS) is 20.7. The lowest BCUT2D eigenvalue weighted by molar-refractivity contribution is -0.0804. The van der Waals surface area contributed by atoms with E-state index in [2.05, 4.69) is 30.0 Å². The zero-order chi connectivity index (χ0) is 19.8. The van der Waals surface area contributed by atoms with Gasteiger partial charge in [-0.1, -0.05) is 0 Å². The Morgan fingerprint density at radius 1 is 1.17 bits per heavy atom. The van der Waals surface area contributed by atoms with Gasteiger partial charge >= 0.3 is 0 Å². The quantitative estimate of drug-likeness (QED) is 0.724. The molecule has 9 heteroatoms. The summed E-state index contributed by atoms with van der Waals surface area (Å²) in [7, 11) is 1.77. The van der Waals surface area contributed by atoms with Crippen LogP contribution in [0.1, 0.15) is 22.6 Å². The summed E-state index contributed by atoms with van der Waals surface area (Å²) in [6.45, 7) is 2.16. The van der Waals surface area contributed by atoms with E-state index in [1.54, 1.807) is 37.8 Å². The number of hydrogen-bond acceptors (Lipinski definition) is 7. The van der Waals surface area contributed by atoms with Gasteiger partial charge in [0.05, 0.1) is 18.7 Å². The Bertz CT molecular complexity index is 1050. The van der Waals surface area contributed by atoms with Crippen LogP contribution in [0.2, 0.25) is 0 Å². The van der Waals surface area contributed by atoms with Gasteiger partial charge < -0.3 is 19.5 Å². The molecule has 2 aliphatic rings. The predicted molar refractivity (Wildman–Crippen MR) is 105 cm³/mol. The van der Waals surface area contributed by atoms with Crippen LogP contribution in [0.15, 0.2) is 42.9 Å². The molecule has 0 saturated carbocycles. The van der Waals surface area contributed by atoms with E-state index in [-0.39, 0.29) is 5.91 Å². The first-order valence-electron chi connectivity index (χ1n) is 9.58. The standard InChI is InChI=1S/C20H21N7O2/c1-21-17-15(3-2-7-23-17)19(28)26-10-6-20(12-26)13-27-16(11-29-20)24-25-18(27)14-4-8-22-9-5-14/h2-5,7-9H,6,10-13H2,1H3,(H,21,23). The van der Waals surface area contributed by atoms with Gasteiger partial charge in [-0.25, -0.2) is 4.98 Å². The molecular weight excluding hydrogens is 370 g/mol. The summed E-state index contributed by atoms with van der Waals surface area (Å²) in [6.07, 6.45) is 5.93. The van der Waals surface area contributed by atoms with E-state index >= 15 is 0 Å². The van der Waals surface area contributed by atoms with E-state index in [0.717, 1.165) is 23.6 Å². The van der Waals surface area contributed by atoms with Gasteiger partial charge in [-0.3, -0.25) is 9.78 Å². The molecule has 1 amide bonds. The summed E-state index contributed by atoms with van der Waals surface area (Å²) in [6, 6.07) is 7.42. The average Bonchev–Trinajstić information content (AvgIpc) is 3.38. The number of anilines is 1. The number of carbonyl (C=O) groups excluding carboxylic acids is 1. The lowest BCUT2D eigenvalue weighted by atomic mass is 10.0. The molecule has 5 heterocycles. The third kappa shape index (κ3) is 3.03. The highest BCUT2D eigenvalue weighted by atomic mass is 16.5. The van der Waals surface area contributed by atoms with E-state index in [4.69, 9.17) is 4.74 Å². The van der Waals surface area contributed by atoms with E-state index in [9.17, 15) is 4.79 Å². The number of nitrogens with zero attached hydrogens (tertiary/aromatic N) is 6.